The Kier molecular flexibility index (Phi) is 7.50. The van der Waals surface area contributed by atoms with Crippen LogP contribution in [0.25, 0.3) is 11.0 Å². The molecule has 0 aliphatic carbocycles. The summed E-state index contributed by atoms with van der Waals surface area (Å²) in [6.45, 7) is 9.12. The monoisotopic (exact) mass is 472 g/mol. The summed E-state index contributed by atoms with van der Waals surface area (Å²) in [4.78, 5) is 21.9. The van der Waals surface area contributed by atoms with Crippen molar-refractivity contribution >= 4 is 34.5 Å². The van der Waals surface area contributed by atoms with Crippen LogP contribution in [0.3, 0.4) is 0 Å². The van der Waals surface area contributed by atoms with Gasteiger partial charge in [0.15, 0.2) is 22.3 Å². The summed E-state index contributed by atoms with van der Waals surface area (Å²) in [6.07, 6.45) is 1.75. The van der Waals surface area contributed by atoms with Gasteiger partial charge >= 0.3 is 0 Å². The van der Waals surface area contributed by atoms with Crippen molar-refractivity contribution in [1.82, 2.24) is 25.1 Å². The first-order chi connectivity index (χ1) is 16.0. The highest BCUT2D eigenvalue weighted by Gasteiger charge is 2.17. The summed E-state index contributed by atoms with van der Waals surface area (Å²) < 4.78 is 17.8. The lowest BCUT2D eigenvalue weighted by molar-refractivity contribution is 0.0951. The van der Waals surface area contributed by atoms with Gasteiger partial charge in [0.25, 0.3) is 5.91 Å². The topological polar surface area (TPSA) is 112 Å². The maximum Gasteiger partial charge on any atom is 0.251 e. The van der Waals surface area contributed by atoms with E-state index in [4.69, 9.17) is 19.2 Å². The fourth-order valence-electron chi connectivity index (χ4n) is 3.30. The number of aromatic nitrogens is 4. The van der Waals surface area contributed by atoms with E-state index in [9.17, 15) is 4.79 Å². The highest BCUT2D eigenvalue weighted by atomic mass is 32.2. The number of rotatable bonds is 11. The summed E-state index contributed by atoms with van der Waals surface area (Å²) in [5.41, 5.74) is 1.24. The third kappa shape index (κ3) is 5.66. The van der Waals surface area contributed by atoms with Crippen molar-refractivity contribution in [3.8, 4) is 11.5 Å². The molecule has 0 fully saturated rings. The van der Waals surface area contributed by atoms with Crippen LogP contribution < -0.4 is 20.1 Å². The summed E-state index contributed by atoms with van der Waals surface area (Å²) in [5.74, 6) is 1.78. The van der Waals surface area contributed by atoms with Gasteiger partial charge in [-0.05, 0) is 25.1 Å². The van der Waals surface area contributed by atoms with Crippen molar-refractivity contribution in [3.05, 3.63) is 30.0 Å². The van der Waals surface area contributed by atoms with E-state index in [2.05, 4.69) is 34.6 Å². The number of hydrogen-bond donors (Lipinski definition) is 2. The smallest absolute Gasteiger partial charge is 0.251 e. The van der Waals surface area contributed by atoms with Gasteiger partial charge < -0.3 is 24.8 Å². The van der Waals surface area contributed by atoms with Crippen molar-refractivity contribution in [2.45, 2.75) is 37.7 Å². The summed E-state index contributed by atoms with van der Waals surface area (Å²) in [7, 11) is 0. The summed E-state index contributed by atoms with van der Waals surface area (Å²) >= 11 is 1.59. The Labute approximate surface area is 196 Å². The number of ether oxygens (including phenoxy) is 3. The minimum atomic E-state index is -0.186. The Bertz CT molecular complexity index is 1120. The Morgan fingerprint density at radius 2 is 2.09 bits per heavy atom. The molecular weight excluding hydrogens is 444 g/mol. The predicted molar refractivity (Wildman–Crippen MR) is 126 cm³/mol. The highest BCUT2D eigenvalue weighted by Crippen LogP contribution is 2.32. The molecule has 1 amide bonds. The molecule has 0 bridgehead atoms. The molecule has 0 spiro atoms. The quantitative estimate of drug-likeness (QED) is 0.247. The molecule has 0 atom stereocenters. The minimum Gasteiger partial charge on any atom is -0.454 e. The molecular formula is C22H28N6O4S. The fraction of sp³-hybridized carbons (Fsp3) is 0.455. The van der Waals surface area contributed by atoms with E-state index >= 15 is 0 Å². The van der Waals surface area contributed by atoms with Gasteiger partial charge in [-0.15, -0.1) is 0 Å². The van der Waals surface area contributed by atoms with Crippen LogP contribution in [-0.4, -0.2) is 64.0 Å². The molecule has 176 valence electrons. The average molecular weight is 473 g/mol. The first kappa shape index (κ1) is 23.1. The number of amides is 1. The molecule has 0 saturated heterocycles. The van der Waals surface area contributed by atoms with Gasteiger partial charge in [0, 0.05) is 30.5 Å². The number of carbonyl (C=O) groups excluding carboxylic acids is 1. The Balaban J connectivity index is 1.45. The molecule has 4 rings (SSSR count). The van der Waals surface area contributed by atoms with E-state index in [1.165, 1.54) is 0 Å². The van der Waals surface area contributed by atoms with Gasteiger partial charge in [-0.1, -0.05) is 25.6 Å². The van der Waals surface area contributed by atoms with Crippen molar-refractivity contribution < 1.29 is 19.0 Å². The molecule has 1 aromatic carbocycles. The maximum absolute atomic E-state index is 12.5. The van der Waals surface area contributed by atoms with Crippen molar-refractivity contribution in [3.63, 3.8) is 0 Å². The van der Waals surface area contributed by atoms with Gasteiger partial charge in [0.1, 0.15) is 5.82 Å². The lowest BCUT2D eigenvalue weighted by atomic mass is 10.2. The first-order valence-electron chi connectivity index (χ1n) is 10.9. The number of anilines is 1. The third-order valence-corrected chi connectivity index (χ3v) is 5.67. The first-order valence-corrected chi connectivity index (χ1v) is 11.8. The zero-order valence-electron chi connectivity index (χ0n) is 19.0. The molecule has 33 heavy (non-hydrogen) atoms. The van der Waals surface area contributed by atoms with Crippen LogP contribution in [-0.2, 0) is 11.3 Å². The van der Waals surface area contributed by atoms with E-state index < -0.39 is 0 Å². The normalized spacial score (nSPS) is 12.5. The van der Waals surface area contributed by atoms with E-state index in [0.717, 1.165) is 16.9 Å². The standard InChI is InChI=1S/C22H28N6O4S/c1-4-30-10-8-23-19-16-12-25-28(20(16)27-22(26-19)33-14(2)3)9-7-24-21(29)15-5-6-17-18(11-15)32-13-31-17/h5-6,11-12,14H,4,7-10,13H2,1-3H3,(H,24,29)(H,23,26,27). The van der Waals surface area contributed by atoms with Gasteiger partial charge in [0.05, 0.1) is 24.7 Å². The summed E-state index contributed by atoms with van der Waals surface area (Å²) in [5, 5.41) is 12.6. The average Bonchev–Trinajstić information content (AvgIpc) is 3.43. The molecule has 1 aliphatic heterocycles. The van der Waals surface area contributed by atoms with Crippen LogP contribution in [0, 0.1) is 0 Å². The van der Waals surface area contributed by atoms with Crippen LogP contribution >= 0.6 is 11.8 Å². The number of nitrogens with one attached hydrogen (secondary N) is 2. The molecule has 0 radical (unpaired) electrons. The molecule has 11 heteroatoms. The Hall–Kier alpha value is -3.05. The van der Waals surface area contributed by atoms with Crippen LogP contribution in [0.1, 0.15) is 31.1 Å². The Morgan fingerprint density at radius 3 is 2.91 bits per heavy atom. The van der Waals surface area contributed by atoms with E-state index in [-0.39, 0.29) is 12.7 Å². The fourth-order valence-corrected chi connectivity index (χ4v) is 4.00. The van der Waals surface area contributed by atoms with Crippen molar-refractivity contribution in [1.29, 1.82) is 0 Å². The van der Waals surface area contributed by atoms with E-state index in [1.54, 1.807) is 40.8 Å². The number of benzene rings is 1. The Morgan fingerprint density at radius 1 is 1.24 bits per heavy atom. The maximum atomic E-state index is 12.5. The van der Waals surface area contributed by atoms with Crippen LogP contribution in [0.2, 0.25) is 0 Å². The molecule has 2 aromatic heterocycles. The number of nitrogens with zero attached hydrogens (tertiary/aromatic N) is 4. The van der Waals surface area contributed by atoms with Crippen molar-refractivity contribution in [2.75, 3.05) is 38.4 Å². The lowest BCUT2D eigenvalue weighted by Gasteiger charge is -2.11. The third-order valence-electron chi connectivity index (χ3n) is 4.80. The molecule has 0 unspecified atom stereocenters. The van der Waals surface area contributed by atoms with Crippen molar-refractivity contribution in [2.24, 2.45) is 0 Å². The molecule has 1 aliphatic rings. The minimum absolute atomic E-state index is 0.175. The SMILES string of the molecule is CCOCCNc1nc(SC(C)C)nc2c1cnn2CCNC(=O)c1ccc2c(c1)OCO2. The van der Waals surface area contributed by atoms with Gasteiger partial charge in [-0.2, -0.15) is 5.10 Å². The predicted octanol–water partition coefficient (Wildman–Crippen LogP) is 2.93. The number of hydrogen-bond acceptors (Lipinski definition) is 9. The summed E-state index contributed by atoms with van der Waals surface area (Å²) in [6, 6.07) is 5.14. The van der Waals surface area contributed by atoms with Gasteiger partial charge in [-0.25, -0.2) is 14.6 Å². The number of thioether (sulfide) groups is 1. The van der Waals surface area contributed by atoms with Gasteiger partial charge in [0.2, 0.25) is 6.79 Å². The molecule has 0 saturated carbocycles. The molecule has 3 aromatic rings. The van der Waals surface area contributed by atoms with Gasteiger partial charge in [-0.3, -0.25) is 4.79 Å². The van der Waals surface area contributed by atoms with E-state index in [1.807, 2.05) is 6.92 Å². The number of fused-ring (bicyclic) bond motifs is 2. The lowest BCUT2D eigenvalue weighted by Crippen LogP contribution is -2.27. The number of carbonyl (C=O) groups is 1. The van der Waals surface area contributed by atoms with Crippen LogP contribution in [0.4, 0.5) is 5.82 Å². The van der Waals surface area contributed by atoms with E-state index in [0.29, 0.717) is 60.3 Å². The largest absolute Gasteiger partial charge is 0.454 e. The molecule has 3 heterocycles. The second-order valence-electron chi connectivity index (χ2n) is 7.57. The van der Waals surface area contributed by atoms with Crippen LogP contribution in [0.5, 0.6) is 11.5 Å². The second kappa shape index (κ2) is 10.7. The zero-order chi connectivity index (χ0) is 23.2. The second-order valence-corrected chi connectivity index (χ2v) is 9.12. The van der Waals surface area contributed by atoms with Crippen LogP contribution in [0.15, 0.2) is 29.6 Å². The highest BCUT2D eigenvalue weighted by molar-refractivity contribution is 7.99. The molecule has 10 nitrogen and oxygen atoms in total. The zero-order valence-corrected chi connectivity index (χ0v) is 19.8. The molecule has 2 N–H and O–H groups in total.